The molecule has 0 aromatic heterocycles. The number of benzene rings is 2. The lowest BCUT2D eigenvalue weighted by atomic mass is 9.88. The molecule has 0 amide bonds. The van der Waals surface area contributed by atoms with E-state index in [1.54, 1.807) is 0 Å². The summed E-state index contributed by atoms with van der Waals surface area (Å²) in [7, 11) is 0. The number of rotatable bonds is 3. The van der Waals surface area contributed by atoms with Gasteiger partial charge in [-0.05, 0) is 31.4 Å². The smallest absolute Gasteiger partial charge is 0.0551 e. The van der Waals surface area contributed by atoms with E-state index in [0.717, 1.165) is 26.1 Å². The summed E-state index contributed by atoms with van der Waals surface area (Å²) in [5, 5.41) is 0. The van der Waals surface area contributed by atoms with Crippen molar-refractivity contribution in [3.8, 4) is 0 Å². The molecule has 3 rings (SSSR count). The van der Waals surface area contributed by atoms with Gasteiger partial charge in [-0.15, -0.1) is 0 Å². The molecule has 1 fully saturated rings. The van der Waals surface area contributed by atoms with Crippen LogP contribution >= 0.6 is 0 Å². The first-order valence-electron chi connectivity index (χ1n) is 7.69. The molecule has 0 aliphatic carbocycles. The minimum atomic E-state index is -0.203. The van der Waals surface area contributed by atoms with Crippen LogP contribution in [-0.4, -0.2) is 18.0 Å². The third-order valence-electron chi connectivity index (χ3n) is 4.43. The van der Waals surface area contributed by atoms with Crippen molar-refractivity contribution in [1.29, 1.82) is 0 Å². The standard InChI is InChI=1S/C19H24N2/c1-15-10-16(2)12-18(11-15)19(20)8-9-21(14-19)13-17-6-4-3-5-7-17/h3-7,10-12H,8-9,13-14,20H2,1-2H3. The van der Waals surface area contributed by atoms with Gasteiger partial charge in [-0.3, -0.25) is 4.90 Å². The van der Waals surface area contributed by atoms with E-state index in [1.165, 1.54) is 22.3 Å². The van der Waals surface area contributed by atoms with Gasteiger partial charge >= 0.3 is 0 Å². The van der Waals surface area contributed by atoms with Crippen LogP contribution in [0.4, 0.5) is 0 Å². The Balaban J connectivity index is 1.76. The van der Waals surface area contributed by atoms with Crippen LogP contribution in [0.2, 0.25) is 0 Å². The van der Waals surface area contributed by atoms with Crippen LogP contribution in [0.1, 0.15) is 28.7 Å². The molecule has 1 aliphatic heterocycles. The third-order valence-corrected chi connectivity index (χ3v) is 4.43. The lowest BCUT2D eigenvalue weighted by Crippen LogP contribution is -2.39. The lowest BCUT2D eigenvalue weighted by Gasteiger charge is -2.26. The van der Waals surface area contributed by atoms with Gasteiger partial charge < -0.3 is 5.73 Å². The summed E-state index contributed by atoms with van der Waals surface area (Å²) >= 11 is 0. The van der Waals surface area contributed by atoms with Crippen LogP contribution in [0.25, 0.3) is 0 Å². The molecule has 1 heterocycles. The van der Waals surface area contributed by atoms with Gasteiger partial charge in [0.05, 0.1) is 5.54 Å². The zero-order valence-electron chi connectivity index (χ0n) is 13.0. The van der Waals surface area contributed by atoms with Gasteiger partial charge in [0.15, 0.2) is 0 Å². The second kappa shape index (κ2) is 5.63. The molecule has 1 saturated heterocycles. The fourth-order valence-electron chi connectivity index (χ4n) is 3.39. The molecule has 21 heavy (non-hydrogen) atoms. The van der Waals surface area contributed by atoms with Gasteiger partial charge in [0.1, 0.15) is 0 Å². The van der Waals surface area contributed by atoms with Crippen molar-refractivity contribution in [2.45, 2.75) is 32.4 Å². The number of likely N-dealkylation sites (tertiary alicyclic amines) is 1. The summed E-state index contributed by atoms with van der Waals surface area (Å²) in [4.78, 5) is 2.47. The predicted molar refractivity (Wildman–Crippen MR) is 88.1 cm³/mol. The average Bonchev–Trinajstić information content (AvgIpc) is 2.82. The Bertz CT molecular complexity index is 600. The first-order valence-corrected chi connectivity index (χ1v) is 7.69. The van der Waals surface area contributed by atoms with Crippen molar-refractivity contribution < 1.29 is 0 Å². The fourth-order valence-corrected chi connectivity index (χ4v) is 3.39. The van der Waals surface area contributed by atoms with E-state index < -0.39 is 0 Å². The van der Waals surface area contributed by atoms with Crippen LogP contribution < -0.4 is 5.73 Å². The van der Waals surface area contributed by atoms with Gasteiger partial charge in [0.2, 0.25) is 0 Å². The highest BCUT2D eigenvalue weighted by Crippen LogP contribution is 2.31. The van der Waals surface area contributed by atoms with Gasteiger partial charge in [0, 0.05) is 19.6 Å². The summed E-state index contributed by atoms with van der Waals surface area (Å²) in [6, 6.07) is 17.4. The number of nitrogens with zero attached hydrogens (tertiary/aromatic N) is 1. The van der Waals surface area contributed by atoms with Crippen LogP contribution in [0.3, 0.4) is 0 Å². The number of nitrogens with two attached hydrogens (primary N) is 1. The minimum Gasteiger partial charge on any atom is -0.320 e. The Labute approximate surface area is 127 Å². The van der Waals surface area contributed by atoms with E-state index in [4.69, 9.17) is 5.73 Å². The molecule has 0 bridgehead atoms. The fraction of sp³-hybridized carbons (Fsp3) is 0.368. The van der Waals surface area contributed by atoms with Gasteiger partial charge in [-0.25, -0.2) is 0 Å². The largest absolute Gasteiger partial charge is 0.320 e. The van der Waals surface area contributed by atoms with Crippen molar-refractivity contribution in [2.24, 2.45) is 5.73 Å². The van der Waals surface area contributed by atoms with Gasteiger partial charge in [0.25, 0.3) is 0 Å². The molecule has 0 spiro atoms. The Morgan fingerprint density at radius 3 is 2.38 bits per heavy atom. The predicted octanol–water partition coefficient (Wildman–Crippen LogP) is 3.36. The van der Waals surface area contributed by atoms with E-state index in [1.807, 2.05) is 0 Å². The molecule has 110 valence electrons. The Morgan fingerprint density at radius 2 is 1.71 bits per heavy atom. The van der Waals surface area contributed by atoms with Crippen LogP contribution in [0, 0.1) is 13.8 Å². The van der Waals surface area contributed by atoms with Crippen molar-refractivity contribution in [3.63, 3.8) is 0 Å². The zero-order valence-corrected chi connectivity index (χ0v) is 13.0. The second-order valence-electron chi connectivity index (χ2n) is 6.48. The third kappa shape index (κ3) is 3.17. The molecule has 0 radical (unpaired) electrons. The summed E-state index contributed by atoms with van der Waals surface area (Å²) in [5.41, 5.74) is 11.8. The maximum Gasteiger partial charge on any atom is 0.0551 e. The number of hydrogen-bond acceptors (Lipinski definition) is 2. The normalized spacial score (nSPS) is 22.6. The first-order chi connectivity index (χ1) is 10.0. The average molecular weight is 280 g/mol. The molecular weight excluding hydrogens is 256 g/mol. The van der Waals surface area contributed by atoms with Crippen molar-refractivity contribution >= 4 is 0 Å². The van der Waals surface area contributed by atoms with Gasteiger partial charge in [-0.1, -0.05) is 59.7 Å². The van der Waals surface area contributed by atoms with E-state index in [9.17, 15) is 0 Å². The van der Waals surface area contributed by atoms with Crippen molar-refractivity contribution in [1.82, 2.24) is 4.90 Å². The summed E-state index contributed by atoms with van der Waals surface area (Å²) < 4.78 is 0. The maximum atomic E-state index is 6.72. The van der Waals surface area contributed by atoms with E-state index in [0.29, 0.717) is 0 Å². The molecule has 2 heteroatoms. The molecule has 1 aliphatic rings. The molecule has 2 aromatic carbocycles. The Kier molecular flexibility index (Phi) is 3.83. The summed E-state index contributed by atoms with van der Waals surface area (Å²) in [5.74, 6) is 0. The highest BCUT2D eigenvalue weighted by molar-refractivity contribution is 5.34. The number of hydrogen-bond donors (Lipinski definition) is 1. The quantitative estimate of drug-likeness (QED) is 0.934. The van der Waals surface area contributed by atoms with Crippen molar-refractivity contribution in [2.75, 3.05) is 13.1 Å². The molecule has 2 nitrogen and oxygen atoms in total. The first kappa shape index (κ1) is 14.3. The molecule has 2 aromatic rings. The highest BCUT2D eigenvalue weighted by Gasteiger charge is 2.36. The minimum absolute atomic E-state index is 0.203. The SMILES string of the molecule is Cc1cc(C)cc(C2(N)CCN(Cc3ccccc3)C2)c1. The summed E-state index contributed by atoms with van der Waals surface area (Å²) in [6.07, 6.45) is 1.03. The van der Waals surface area contributed by atoms with E-state index >= 15 is 0 Å². The van der Waals surface area contributed by atoms with Crippen LogP contribution in [0.5, 0.6) is 0 Å². The lowest BCUT2D eigenvalue weighted by molar-refractivity contribution is 0.304. The van der Waals surface area contributed by atoms with Gasteiger partial charge in [-0.2, -0.15) is 0 Å². The Morgan fingerprint density at radius 1 is 1.05 bits per heavy atom. The van der Waals surface area contributed by atoms with E-state index in [2.05, 4.69) is 67.3 Å². The molecule has 1 atom stereocenters. The number of aryl methyl sites for hydroxylation is 2. The topological polar surface area (TPSA) is 29.3 Å². The van der Waals surface area contributed by atoms with Crippen LogP contribution in [0.15, 0.2) is 48.5 Å². The van der Waals surface area contributed by atoms with Crippen LogP contribution in [-0.2, 0) is 12.1 Å². The summed E-state index contributed by atoms with van der Waals surface area (Å²) in [6.45, 7) is 7.29. The molecule has 0 saturated carbocycles. The molecular formula is C19H24N2. The monoisotopic (exact) mass is 280 g/mol. The zero-order chi connectivity index (χ0) is 14.9. The highest BCUT2D eigenvalue weighted by atomic mass is 15.2. The van der Waals surface area contributed by atoms with E-state index in [-0.39, 0.29) is 5.54 Å². The Hall–Kier alpha value is -1.64. The van der Waals surface area contributed by atoms with Crippen molar-refractivity contribution in [3.05, 3.63) is 70.8 Å². The molecule has 1 unspecified atom stereocenters. The molecule has 2 N–H and O–H groups in total. The second-order valence-corrected chi connectivity index (χ2v) is 6.48. The maximum absolute atomic E-state index is 6.72.